The highest BCUT2D eigenvalue weighted by Gasteiger charge is 2.22. The number of carbonyl (C=O) groups is 1. The van der Waals surface area contributed by atoms with E-state index in [1.54, 1.807) is 43.2 Å². The first kappa shape index (κ1) is 20.9. The number of carbonyl (C=O) groups excluding carboxylic acids is 1. The van der Waals surface area contributed by atoms with Gasteiger partial charge in [-0.1, -0.05) is 29.8 Å². The monoisotopic (exact) mass is 444 g/mol. The fourth-order valence-electron chi connectivity index (χ4n) is 3.40. The van der Waals surface area contributed by atoms with Crippen LogP contribution in [0.4, 0.5) is 8.78 Å². The second kappa shape index (κ2) is 8.43. The quantitative estimate of drug-likeness (QED) is 0.486. The summed E-state index contributed by atoms with van der Waals surface area (Å²) in [6, 6.07) is 8.53. The Labute approximate surface area is 181 Å². The van der Waals surface area contributed by atoms with Gasteiger partial charge in [0, 0.05) is 35.9 Å². The second-order valence-corrected chi connectivity index (χ2v) is 7.52. The largest absolute Gasteiger partial charge is 0.350 e. The molecule has 1 amide bonds. The third kappa shape index (κ3) is 4.27. The van der Waals surface area contributed by atoms with E-state index < -0.39 is 6.43 Å². The lowest BCUT2D eigenvalue weighted by Crippen LogP contribution is -2.27. The van der Waals surface area contributed by atoms with Crippen molar-refractivity contribution in [3.63, 3.8) is 0 Å². The Morgan fingerprint density at radius 3 is 2.74 bits per heavy atom. The molecule has 0 fully saturated rings. The van der Waals surface area contributed by atoms with Gasteiger partial charge < -0.3 is 5.32 Å². The van der Waals surface area contributed by atoms with Crippen LogP contribution >= 0.6 is 11.6 Å². The highest BCUT2D eigenvalue weighted by atomic mass is 35.5. The van der Waals surface area contributed by atoms with Crippen molar-refractivity contribution in [1.82, 2.24) is 29.9 Å². The molecule has 4 aromatic rings. The summed E-state index contributed by atoms with van der Waals surface area (Å²) in [5, 5.41) is 11.9. The van der Waals surface area contributed by atoms with Crippen LogP contribution in [0.5, 0.6) is 0 Å². The van der Waals surface area contributed by atoms with Gasteiger partial charge in [-0.2, -0.15) is 10.2 Å². The van der Waals surface area contributed by atoms with E-state index in [1.807, 2.05) is 12.1 Å². The zero-order valence-corrected chi connectivity index (χ0v) is 17.6. The fraction of sp³-hybridized carbons (Fsp3) is 0.238. The van der Waals surface area contributed by atoms with E-state index in [9.17, 15) is 13.6 Å². The molecular formula is C21H19ClF2N6O. The molecule has 0 saturated carbocycles. The predicted molar refractivity (Wildman–Crippen MR) is 113 cm³/mol. The van der Waals surface area contributed by atoms with Crippen LogP contribution in [-0.2, 0) is 24.9 Å². The lowest BCUT2D eigenvalue weighted by atomic mass is 10.1. The van der Waals surface area contributed by atoms with E-state index in [0.29, 0.717) is 22.0 Å². The van der Waals surface area contributed by atoms with Crippen molar-refractivity contribution in [2.45, 2.75) is 26.4 Å². The summed E-state index contributed by atoms with van der Waals surface area (Å²) < 4.78 is 30.5. The molecule has 0 aliphatic heterocycles. The smallest absolute Gasteiger partial charge is 0.264 e. The molecule has 3 aromatic heterocycles. The topological polar surface area (TPSA) is 77.6 Å². The minimum atomic E-state index is -2.72. The summed E-state index contributed by atoms with van der Waals surface area (Å²) in [4.78, 5) is 17.0. The molecule has 0 unspecified atom stereocenters. The van der Waals surface area contributed by atoms with E-state index in [4.69, 9.17) is 11.6 Å². The summed E-state index contributed by atoms with van der Waals surface area (Å²) >= 11 is 6.12. The summed E-state index contributed by atoms with van der Waals surface area (Å²) in [5.41, 5.74) is 2.14. The molecule has 0 saturated heterocycles. The molecular weight excluding hydrogens is 426 g/mol. The van der Waals surface area contributed by atoms with Crippen molar-refractivity contribution in [3.05, 3.63) is 64.6 Å². The number of pyridine rings is 1. The molecule has 0 aliphatic rings. The lowest BCUT2D eigenvalue weighted by Gasteiger charge is -2.09. The van der Waals surface area contributed by atoms with Crippen molar-refractivity contribution >= 4 is 28.5 Å². The zero-order chi connectivity index (χ0) is 22.1. The van der Waals surface area contributed by atoms with E-state index in [2.05, 4.69) is 20.5 Å². The molecule has 1 aromatic carbocycles. The number of fused-ring (bicyclic) bond motifs is 1. The van der Waals surface area contributed by atoms with Crippen LogP contribution in [0.1, 0.15) is 23.2 Å². The van der Waals surface area contributed by atoms with E-state index in [1.165, 1.54) is 10.7 Å². The first-order valence-electron chi connectivity index (χ1n) is 9.49. The Morgan fingerprint density at radius 1 is 1.29 bits per heavy atom. The van der Waals surface area contributed by atoms with Gasteiger partial charge in [-0.15, -0.1) is 0 Å². The number of hydrogen-bond donors (Lipinski definition) is 1. The first-order chi connectivity index (χ1) is 14.8. The molecule has 31 heavy (non-hydrogen) atoms. The third-order valence-electron chi connectivity index (χ3n) is 4.87. The summed E-state index contributed by atoms with van der Waals surface area (Å²) in [6.07, 6.45) is 0.520. The van der Waals surface area contributed by atoms with E-state index in [0.717, 1.165) is 5.56 Å². The van der Waals surface area contributed by atoms with E-state index in [-0.39, 0.29) is 35.6 Å². The number of halogens is 3. The minimum absolute atomic E-state index is 0.166. The minimum Gasteiger partial charge on any atom is -0.350 e. The summed E-state index contributed by atoms with van der Waals surface area (Å²) in [7, 11) is 1.73. The normalized spacial score (nSPS) is 11.4. The Bertz CT molecular complexity index is 1270. The van der Waals surface area contributed by atoms with Gasteiger partial charge in [-0.05, 0) is 24.6 Å². The molecule has 4 rings (SSSR count). The van der Waals surface area contributed by atoms with Gasteiger partial charge in [0.05, 0.1) is 23.0 Å². The van der Waals surface area contributed by atoms with Crippen LogP contribution in [0.3, 0.4) is 0 Å². The van der Waals surface area contributed by atoms with Gasteiger partial charge in [0.15, 0.2) is 5.65 Å². The number of benzene rings is 1. The maximum Gasteiger partial charge on any atom is 0.264 e. The number of nitrogens with zero attached hydrogens (tertiary/aromatic N) is 5. The standard InChI is InChI=1S/C21H19ClF2N6O/c1-12-19-15(20(23)24)7-17(14-9-26-29(2)10-14)27-21(19)30(28-12)11-18(31)25-8-13-5-3-4-6-16(13)22/h3-7,9-10,20H,8,11H2,1-2H3,(H,25,31). The van der Waals surface area contributed by atoms with Crippen molar-refractivity contribution in [2.24, 2.45) is 7.05 Å². The highest BCUT2D eigenvalue weighted by Crippen LogP contribution is 2.32. The van der Waals surface area contributed by atoms with Crippen molar-refractivity contribution in [1.29, 1.82) is 0 Å². The van der Waals surface area contributed by atoms with Crippen molar-refractivity contribution in [2.75, 3.05) is 0 Å². The number of aromatic nitrogens is 5. The Balaban J connectivity index is 1.66. The lowest BCUT2D eigenvalue weighted by molar-refractivity contribution is -0.121. The molecule has 160 valence electrons. The van der Waals surface area contributed by atoms with Crippen molar-refractivity contribution < 1.29 is 13.6 Å². The predicted octanol–water partition coefficient (Wildman–Crippen LogP) is 4.05. The van der Waals surface area contributed by atoms with Crippen LogP contribution in [0.15, 0.2) is 42.7 Å². The van der Waals surface area contributed by atoms with E-state index >= 15 is 0 Å². The number of rotatable bonds is 6. The molecule has 0 aliphatic carbocycles. The summed E-state index contributed by atoms with van der Waals surface area (Å²) in [5.74, 6) is -0.337. The molecule has 0 spiro atoms. The molecule has 3 heterocycles. The molecule has 10 heteroatoms. The average molecular weight is 445 g/mol. The van der Waals surface area contributed by atoms with Crippen LogP contribution in [0.25, 0.3) is 22.3 Å². The Hall–Kier alpha value is -3.33. The number of nitrogens with one attached hydrogen (secondary N) is 1. The van der Waals surface area contributed by atoms with Gasteiger partial charge in [0.25, 0.3) is 6.43 Å². The maximum absolute atomic E-state index is 13.8. The SMILES string of the molecule is Cc1nn(CC(=O)NCc2ccccc2Cl)c2nc(-c3cnn(C)c3)cc(C(F)F)c12. The number of alkyl halides is 2. The van der Waals surface area contributed by atoms with Crippen LogP contribution < -0.4 is 5.32 Å². The first-order valence-corrected chi connectivity index (χ1v) is 9.86. The number of aryl methyl sites for hydroxylation is 2. The maximum atomic E-state index is 13.8. The molecule has 1 N–H and O–H groups in total. The van der Waals surface area contributed by atoms with Gasteiger partial charge >= 0.3 is 0 Å². The van der Waals surface area contributed by atoms with Crippen LogP contribution in [0.2, 0.25) is 5.02 Å². The van der Waals surface area contributed by atoms with Gasteiger partial charge in [0.2, 0.25) is 5.91 Å². The fourth-order valence-corrected chi connectivity index (χ4v) is 3.60. The molecule has 0 radical (unpaired) electrons. The Kier molecular flexibility index (Phi) is 5.69. The van der Waals surface area contributed by atoms with Crippen LogP contribution in [-0.4, -0.2) is 30.5 Å². The molecule has 0 bridgehead atoms. The van der Waals surface area contributed by atoms with Crippen molar-refractivity contribution in [3.8, 4) is 11.3 Å². The Morgan fingerprint density at radius 2 is 2.06 bits per heavy atom. The molecule has 0 atom stereocenters. The zero-order valence-electron chi connectivity index (χ0n) is 16.8. The number of amides is 1. The van der Waals surface area contributed by atoms with Gasteiger partial charge in [-0.25, -0.2) is 18.4 Å². The van der Waals surface area contributed by atoms with Gasteiger partial charge in [-0.3, -0.25) is 9.48 Å². The number of hydrogen-bond acceptors (Lipinski definition) is 4. The third-order valence-corrected chi connectivity index (χ3v) is 5.24. The van der Waals surface area contributed by atoms with Crippen LogP contribution in [0, 0.1) is 6.92 Å². The highest BCUT2D eigenvalue weighted by molar-refractivity contribution is 6.31. The molecule has 7 nitrogen and oxygen atoms in total. The summed E-state index contributed by atoms with van der Waals surface area (Å²) in [6.45, 7) is 1.70. The second-order valence-electron chi connectivity index (χ2n) is 7.11. The average Bonchev–Trinajstić information content (AvgIpc) is 3.30. The van der Waals surface area contributed by atoms with Gasteiger partial charge in [0.1, 0.15) is 6.54 Å².